The van der Waals surface area contributed by atoms with Crippen LogP contribution in [-0.2, 0) is 23.3 Å². The molecule has 0 saturated heterocycles. The summed E-state index contributed by atoms with van der Waals surface area (Å²) in [4.78, 5) is 21.1. The summed E-state index contributed by atoms with van der Waals surface area (Å²) in [6, 6.07) is 18.3. The molecule has 1 aliphatic rings. The quantitative estimate of drug-likeness (QED) is 0.424. The number of benzene rings is 3. The van der Waals surface area contributed by atoms with Gasteiger partial charge in [-0.15, -0.1) is 0 Å². The summed E-state index contributed by atoms with van der Waals surface area (Å²) in [5.41, 5.74) is 1.53. The van der Waals surface area contributed by atoms with Gasteiger partial charge in [0.2, 0.25) is 0 Å². The van der Waals surface area contributed by atoms with Crippen LogP contribution in [0.1, 0.15) is 11.1 Å². The van der Waals surface area contributed by atoms with Gasteiger partial charge < -0.3 is 0 Å². The minimum absolute atomic E-state index is 0.0908. The fourth-order valence-electron chi connectivity index (χ4n) is 3.46. The summed E-state index contributed by atoms with van der Waals surface area (Å²) in [5.74, 6) is 0. The molecule has 0 unspecified atom stereocenters. The zero-order chi connectivity index (χ0) is 22.2. The van der Waals surface area contributed by atoms with Crippen LogP contribution in [0.3, 0.4) is 0 Å². The lowest BCUT2D eigenvalue weighted by Gasteiger charge is -2.22. The average molecular weight is 440 g/mol. The highest BCUT2D eigenvalue weighted by Gasteiger charge is 2.40. The number of nitro groups is 2. The van der Waals surface area contributed by atoms with E-state index in [-0.39, 0.29) is 24.5 Å². The number of nitro benzene ring substituents is 2. The summed E-state index contributed by atoms with van der Waals surface area (Å²) in [5, 5.41) is 22.1. The second-order valence-electron chi connectivity index (χ2n) is 6.86. The minimum atomic E-state index is -4.02. The van der Waals surface area contributed by atoms with Crippen molar-refractivity contribution in [2.24, 2.45) is 0 Å². The van der Waals surface area contributed by atoms with E-state index in [0.29, 0.717) is 22.5 Å². The second-order valence-corrected chi connectivity index (χ2v) is 8.64. The van der Waals surface area contributed by atoms with Crippen molar-refractivity contribution in [3.63, 3.8) is 0 Å². The van der Waals surface area contributed by atoms with Crippen LogP contribution in [0, 0.1) is 20.2 Å². The van der Waals surface area contributed by atoms with Crippen molar-refractivity contribution in [3.8, 4) is 0 Å². The number of nitrogens with zero attached hydrogens (tertiary/aromatic N) is 4. The number of hydrogen-bond acceptors (Lipinski definition) is 6. The first-order chi connectivity index (χ1) is 14.8. The van der Waals surface area contributed by atoms with E-state index in [1.165, 1.54) is 45.0 Å². The van der Waals surface area contributed by atoms with Crippen LogP contribution < -0.4 is 8.61 Å². The molecule has 11 heteroatoms. The Morgan fingerprint density at radius 3 is 1.48 bits per heavy atom. The smallest absolute Gasteiger partial charge is 0.258 e. The fraction of sp³-hybridized carbons (Fsp3) is 0.100. The summed E-state index contributed by atoms with van der Waals surface area (Å²) in [6.45, 7) is -0.182. The number of anilines is 2. The number of hydrogen-bond donors (Lipinski definition) is 0. The molecule has 0 saturated carbocycles. The van der Waals surface area contributed by atoms with E-state index in [9.17, 15) is 28.6 Å². The average Bonchev–Trinajstić information content (AvgIpc) is 2.95. The Labute approximate surface area is 177 Å². The monoisotopic (exact) mass is 440 g/mol. The van der Waals surface area contributed by atoms with E-state index in [1.807, 2.05) is 0 Å². The van der Waals surface area contributed by atoms with E-state index in [1.54, 1.807) is 36.4 Å². The Kier molecular flexibility index (Phi) is 5.03. The van der Waals surface area contributed by atoms with Crippen LogP contribution in [0.4, 0.5) is 22.7 Å². The highest BCUT2D eigenvalue weighted by molar-refractivity contribution is 7.94. The largest absolute Gasteiger partial charge is 0.327 e. The Hall–Kier alpha value is -3.99. The Morgan fingerprint density at radius 2 is 1.10 bits per heavy atom. The summed E-state index contributed by atoms with van der Waals surface area (Å²) < 4.78 is 29.1. The van der Waals surface area contributed by atoms with Crippen LogP contribution in [0.5, 0.6) is 0 Å². The van der Waals surface area contributed by atoms with Crippen molar-refractivity contribution in [1.82, 2.24) is 0 Å². The van der Waals surface area contributed by atoms with Gasteiger partial charge in [-0.25, -0.2) is 8.61 Å². The normalized spacial score (nSPS) is 14.3. The van der Waals surface area contributed by atoms with Gasteiger partial charge in [0.05, 0.1) is 34.3 Å². The third-order valence-corrected chi connectivity index (χ3v) is 6.64. The number of para-hydroxylation sites is 2. The van der Waals surface area contributed by atoms with Crippen LogP contribution in [-0.4, -0.2) is 18.3 Å². The molecule has 3 aromatic carbocycles. The molecule has 0 bridgehead atoms. The van der Waals surface area contributed by atoms with Gasteiger partial charge in [0, 0.05) is 24.3 Å². The predicted molar refractivity (Wildman–Crippen MR) is 114 cm³/mol. The van der Waals surface area contributed by atoms with Crippen LogP contribution in [0.25, 0.3) is 0 Å². The molecule has 10 nitrogen and oxygen atoms in total. The summed E-state index contributed by atoms with van der Waals surface area (Å²) >= 11 is 0. The van der Waals surface area contributed by atoms with Gasteiger partial charge in [0.15, 0.2) is 0 Å². The molecule has 4 rings (SSSR count). The first-order valence-electron chi connectivity index (χ1n) is 9.13. The summed E-state index contributed by atoms with van der Waals surface area (Å²) in [6.07, 6.45) is 0. The van der Waals surface area contributed by atoms with Crippen molar-refractivity contribution in [2.45, 2.75) is 13.1 Å². The lowest BCUT2D eigenvalue weighted by Crippen LogP contribution is -2.37. The van der Waals surface area contributed by atoms with E-state index < -0.39 is 20.1 Å². The third kappa shape index (κ3) is 3.78. The molecule has 1 heterocycles. The van der Waals surface area contributed by atoms with Gasteiger partial charge in [-0.1, -0.05) is 36.4 Å². The molecular formula is C20H16N4O6S. The predicted octanol–water partition coefficient (Wildman–Crippen LogP) is 3.77. The SMILES string of the molecule is O=[N+]([O-])c1cccc(CN2c3ccccc3N(Cc3cccc([N+](=O)[O-])c3)S2(=O)=O)c1. The van der Waals surface area contributed by atoms with Crippen LogP contribution >= 0.6 is 0 Å². The molecule has 0 spiro atoms. The van der Waals surface area contributed by atoms with Gasteiger partial charge >= 0.3 is 10.2 Å². The molecule has 0 fully saturated rings. The molecule has 0 atom stereocenters. The van der Waals surface area contributed by atoms with Gasteiger partial charge in [-0.05, 0) is 23.3 Å². The zero-order valence-electron chi connectivity index (χ0n) is 16.0. The highest BCUT2D eigenvalue weighted by atomic mass is 32.2. The topological polar surface area (TPSA) is 127 Å². The Balaban J connectivity index is 1.71. The lowest BCUT2D eigenvalue weighted by atomic mass is 10.1. The Morgan fingerprint density at radius 1 is 0.677 bits per heavy atom. The van der Waals surface area contributed by atoms with Crippen molar-refractivity contribution >= 4 is 33.0 Å². The number of non-ortho nitro benzene ring substituents is 2. The maximum Gasteiger partial charge on any atom is 0.327 e. The van der Waals surface area contributed by atoms with Gasteiger partial charge in [0.1, 0.15) is 0 Å². The van der Waals surface area contributed by atoms with Crippen molar-refractivity contribution < 1.29 is 18.3 Å². The van der Waals surface area contributed by atoms with Crippen molar-refractivity contribution in [2.75, 3.05) is 8.61 Å². The Bertz CT molecular complexity index is 1200. The van der Waals surface area contributed by atoms with Gasteiger partial charge in [0.25, 0.3) is 11.4 Å². The van der Waals surface area contributed by atoms with Gasteiger partial charge in [-0.3, -0.25) is 20.2 Å². The highest BCUT2D eigenvalue weighted by Crippen LogP contribution is 2.42. The second kappa shape index (κ2) is 7.69. The molecule has 0 aliphatic carbocycles. The molecular weight excluding hydrogens is 424 g/mol. The minimum Gasteiger partial charge on any atom is -0.258 e. The van der Waals surface area contributed by atoms with Crippen molar-refractivity contribution in [3.05, 3.63) is 104 Å². The van der Waals surface area contributed by atoms with Crippen LogP contribution in [0.15, 0.2) is 72.8 Å². The first-order valence-corrected chi connectivity index (χ1v) is 10.5. The summed E-state index contributed by atoms with van der Waals surface area (Å²) in [7, 11) is -4.02. The molecule has 0 amide bonds. The zero-order valence-corrected chi connectivity index (χ0v) is 16.8. The molecule has 31 heavy (non-hydrogen) atoms. The molecule has 3 aromatic rings. The first kappa shape index (κ1) is 20.3. The molecule has 0 aromatic heterocycles. The van der Waals surface area contributed by atoms with E-state index in [0.717, 1.165) is 0 Å². The maximum atomic E-state index is 13.4. The number of fused-ring (bicyclic) bond motifs is 1. The van der Waals surface area contributed by atoms with E-state index in [2.05, 4.69) is 0 Å². The standard InChI is InChI=1S/C20H16N4O6S/c25-23(26)17-7-3-5-15(11-17)13-21-19-9-1-2-10-20(19)22(31(21,29)30)14-16-6-4-8-18(12-16)24(27)28/h1-12H,13-14H2. The van der Waals surface area contributed by atoms with Crippen molar-refractivity contribution in [1.29, 1.82) is 0 Å². The molecule has 158 valence electrons. The lowest BCUT2D eigenvalue weighted by molar-refractivity contribution is -0.385. The van der Waals surface area contributed by atoms with E-state index >= 15 is 0 Å². The fourth-order valence-corrected chi connectivity index (χ4v) is 5.12. The van der Waals surface area contributed by atoms with Gasteiger partial charge in [-0.2, -0.15) is 8.42 Å². The maximum absolute atomic E-state index is 13.4. The molecule has 0 radical (unpaired) electrons. The third-order valence-electron chi connectivity index (χ3n) is 4.87. The molecule has 0 N–H and O–H groups in total. The van der Waals surface area contributed by atoms with Crippen LogP contribution in [0.2, 0.25) is 0 Å². The molecule has 1 aliphatic heterocycles. The van der Waals surface area contributed by atoms with E-state index in [4.69, 9.17) is 0 Å². The number of rotatable bonds is 6.